The van der Waals surface area contributed by atoms with Crippen LogP contribution in [0.1, 0.15) is 40.5 Å². The minimum atomic E-state index is -2.47. The third-order valence-electron chi connectivity index (χ3n) is 3.71. The monoisotopic (exact) mass is 334 g/mol. The zero-order valence-electron chi connectivity index (χ0n) is 13.4. The van der Waals surface area contributed by atoms with E-state index in [1.165, 1.54) is 27.7 Å². The number of esters is 1. The van der Waals surface area contributed by atoms with Crippen molar-refractivity contribution in [3.05, 3.63) is 0 Å². The van der Waals surface area contributed by atoms with Crippen molar-refractivity contribution < 1.29 is 44.3 Å². The molecular weight excluding hydrogens is 312 g/mol. The van der Waals surface area contributed by atoms with Gasteiger partial charge in [-0.2, -0.15) is 0 Å². The lowest BCUT2D eigenvalue weighted by Crippen LogP contribution is -2.55. The Hall–Kier alpha value is -2.16. The lowest BCUT2D eigenvalue weighted by atomic mass is 9.84. The van der Waals surface area contributed by atoms with Gasteiger partial charge in [-0.05, 0) is 5.92 Å². The summed E-state index contributed by atoms with van der Waals surface area (Å²) in [5, 5.41) is 37.4. The molecule has 0 heterocycles. The predicted molar refractivity (Wildman–Crippen MR) is 75.6 cm³/mol. The van der Waals surface area contributed by atoms with Crippen LogP contribution in [0.2, 0.25) is 0 Å². The maximum atomic E-state index is 12.3. The van der Waals surface area contributed by atoms with Crippen LogP contribution in [0.5, 0.6) is 0 Å². The molecule has 0 aliphatic carbocycles. The first-order chi connectivity index (χ1) is 10.3. The molecule has 0 aromatic carbocycles. The molecule has 0 fully saturated rings. The smallest absolute Gasteiger partial charge is 0.349 e. The zero-order chi connectivity index (χ0) is 18.6. The van der Waals surface area contributed by atoms with Gasteiger partial charge in [0.2, 0.25) is 5.60 Å². The van der Waals surface area contributed by atoms with Crippen LogP contribution < -0.4 is 0 Å². The normalized spacial score (nSPS) is 16.5. The maximum absolute atomic E-state index is 12.3. The molecule has 0 amide bonds. The van der Waals surface area contributed by atoms with E-state index in [0.29, 0.717) is 0 Å². The van der Waals surface area contributed by atoms with Crippen LogP contribution in [0.3, 0.4) is 0 Å². The van der Waals surface area contributed by atoms with Gasteiger partial charge in [-0.1, -0.05) is 27.7 Å². The highest BCUT2D eigenvalue weighted by atomic mass is 16.6. The maximum Gasteiger partial charge on any atom is 0.349 e. The van der Waals surface area contributed by atoms with Crippen molar-refractivity contribution in [3.8, 4) is 0 Å². The number of hydrogen-bond donors (Lipinski definition) is 4. The van der Waals surface area contributed by atoms with E-state index in [1.807, 2.05) is 0 Å². The Morgan fingerprint density at radius 1 is 0.870 bits per heavy atom. The standard InChI is InChI=1S/C14H22O9/c1-7(2)13(22,5-9(15)16)12(21)23-14(8(3)4,11(19)20)6-10(17)18/h7-8,22H,5-6H2,1-4H3,(H,15,16)(H,17,18)(H,19,20). The first kappa shape index (κ1) is 20.8. The molecule has 0 rings (SSSR count). The van der Waals surface area contributed by atoms with Crippen molar-refractivity contribution in [3.63, 3.8) is 0 Å². The minimum absolute atomic E-state index is 0.894. The Morgan fingerprint density at radius 2 is 1.30 bits per heavy atom. The summed E-state index contributed by atoms with van der Waals surface area (Å²) in [7, 11) is 0. The van der Waals surface area contributed by atoms with Gasteiger partial charge in [0, 0.05) is 5.92 Å². The number of carbonyl (C=O) groups is 4. The predicted octanol–water partition coefficient (Wildman–Crippen LogP) is 0.346. The Kier molecular flexibility index (Phi) is 6.71. The Bertz CT molecular complexity index is 496. The number of aliphatic carboxylic acids is 3. The van der Waals surface area contributed by atoms with Crippen LogP contribution in [0.4, 0.5) is 0 Å². The lowest BCUT2D eigenvalue weighted by Gasteiger charge is -2.36. The zero-order valence-corrected chi connectivity index (χ0v) is 13.4. The van der Waals surface area contributed by atoms with Gasteiger partial charge < -0.3 is 25.2 Å². The van der Waals surface area contributed by atoms with Crippen LogP contribution in [-0.2, 0) is 23.9 Å². The molecule has 0 saturated heterocycles. The summed E-state index contributed by atoms with van der Waals surface area (Å²) < 4.78 is 4.87. The highest BCUT2D eigenvalue weighted by molar-refractivity contribution is 5.91. The van der Waals surface area contributed by atoms with Crippen LogP contribution >= 0.6 is 0 Å². The third-order valence-corrected chi connectivity index (χ3v) is 3.71. The van der Waals surface area contributed by atoms with E-state index in [2.05, 4.69) is 0 Å². The van der Waals surface area contributed by atoms with E-state index < -0.39 is 59.8 Å². The second-order valence-corrected chi connectivity index (χ2v) is 5.96. The molecule has 4 N–H and O–H groups in total. The summed E-state index contributed by atoms with van der Waals surface area (Å²) >= 11 is 0. The Labute approximate surface area is 132 Å². The van der Waals surface area contributed by atoms with E-state index in [0.717, 1.165) is 0 Å². The second-order valence-electron chi connectivity index (χ2n) is 5.96. The SMILES string of the molecule is CC(C)C(O)(CC(=O)O)C(=O)OC(CC(=O)O)(C(=O)O)C(C)C. The van der Waals surface area contributed by atoms with Gasteiger partial charge in [0.1, 0.15) is 0 Å². The van der Waals surface area contributed by atoms with Crippen molar-refractivity contribution >= 4 is 23.9 Å². The Balaban J connectivity index is 5.81. The number of carboxylic acids is 3. The van der Waals surface area contributed by atoms with E-state index >= 15 is 0 Å². The molecule has 0 saturated carbocycles. The van der Waals surface area contributed by atoms with Crippen molar-refractivity contribution in [1.29, 1.82) is 0 Å². The topological polar surface area (TPSA) is 158 Å². The van der Waals surface area contributed by atoms with Crippen LogP contribution in [0, 0.1) is 11.8 Å². The van der Waals surface area contributed by atoms with Gasteiger partial charge in [0.25, 0.3) is 0 Å². The number of carboxylic acid groups (broad SMARTS) is 3. The number of aliphatic hydroxyl groups is 1. The summed E-state index contributed by atoms with van der Waals surface area (Å²) in [6, 6.07) is 0. The molecule has 0 aromatic rings. The summed E-state index contributed by atoms with van der Waals surface area (Å²) in [6.45, 7) is 5.41. The van der Waals surface area contributed by atoms with Crippen LogP contribution in [0.15, 0.2) is 0 Å². The first-order valence-electron chi connectivity index (χ1n) is 6.92. The highest BCUT2D eigenvalue weighted by Crippen LogP contribution is 2.32. The van der Waals surface area contributed by atoms with Crippen molar-refractivity contribution in [2.45, 2.75) is 51.7 Å². The van der Waals surface area contributed by atoms with Gasteiger partial charge in [-0.15, -0.1) is 0 Å². The number of carbonyl (C=O) groups excluding carboxylic acids is 1. The van der Waals surface area contributed by atoms with E-state index in [9.17, 15) is 29.4 Å². The Morgan fingerprint density at radius 3 is 1.57 bits per heavy atom. The van der Waals surface area contributed by atoms with E-state index in [4.69, 9.17) is 14.9 Å². The summed E-state index contributed by atoms with van der Waals surface area (Å²) in [5.41, 5.74) is -4.88. The number of hydrogen-bond acceptors (Lipinski definition) is 6. The quantitative estimate of drug-likeness (QED) is 0.436. The molecule has 9 nitrogen and oxygen atoms in total. The number of ether oxygens (including phenoxy) is 1. The van der Waals surface area contributed by atoms with Gasteiger partial charge in [-0.25, -0.2) is 9.59 Å². The average molecular weight is 334 g/mol. The van der Waals surface area contributed by atoms with Crippen LogP contribution in [-0.4, -0.2) is 55.5 Å². The van der Waals surface area contributed by atoms with Gasteiger partial charge in [0.15, 0.2) is 5.60 Å². The van der Waals surface area contributed by atoms with Crippen molar-refractivity contribution in [2.75, 3.05) is 0 Å². The summed E-state index contributed by atoms with van der Waals surface area (Å²) in [5.74, 6) is -7.99. The van der Waals surface area contributed by atoms with E-state index in [1.54, 1.807) is 0 Å². The molecule has 2 atom stereocenters. The number of rotatable bonds is 9. The fourth-order valence-electron chi connectivity index (χ4n) is 1.95. The fourth-order valence-corrected chi connectivity index (χ4v) is 1.95. The molecule has 0 aliphatic rings. The molecule has 132 valence electrons. The summed E-state index contributed by atoms with van der Waals surface area (Å²) in [4.78, 5) is 45.6. The highest BCUT2D eigenvalue weighted by Gasteiger charge is 2.53. The fraction of sp³-hybridized carbons (Fsp3) is 0.714. The molecular formula is C14H22O9. The minimum Gasteiger partial charge on any atom is -0.481 e. The molecule has 2 unspecified atom stereocenters. The largest absolute Gasteiger partial charge is 0.481 e. The lowest BCUT2D eigenvalue weighted by molar-refractivity contribution is -0.205. The molecule has 0 radical (unpaired) electrons. The molecule has 0 spiro atoms. The molecule has 0 aromatic heterocycles. The van der Waals surface area contributed by atoms with Crippen molar-refractivity contribution in [1.82, 2.24) is 0 Å². The third kappa shape index (κ3) is 4.65. The van der Waals surface area contributed by atoms with Gasteiger partial charge in [-0.3, -0.25) is 9.59 Å². The second kappa shape index (κ2) is 7.40. The average Bonchev–Trinajstić information content (AvgIpc) is 2.35. The van der Waals surface area contributed by atoms with Crippen LogP contribution in [0.25, 0.3) is 0 Å². The molecule has 0 aliphatic heterocycles. The van der Waals surface area contributed by atoms with Gasteiger partial charge in [0.05, 0.1) is 12.8 Å². The van der Waals surface area contributed by atoms with Crippen molar-refractivity contribution in [2.24, 2.45) is 11.8 Å². The molecule has 0 bridgehead atoms. The van der Waals surface area contributed by atoms with E-state index in [-0.39, 0.29) is 0 Å². The molecule has 23 heavy (non-hydrogen) atoms. The summed E-state index contributed by atoms with van der Waals surface area (Å²) in [6.07, 6.45) is -2.02. The molecule has 9 heteroatoms. The van der Waals surface area contributed by atoms with Gasteiger partial charge >= 0.3 is 23.9 Å². The first-order valence-corrected chi connectivity index (χ1v) is 6.92.